The molecule has 1 aromatic heterocycles. The van der Waals surface area contributed by atoms with E-state index in [4.69, 9.17) is 4.74 Å². The van der Waals surface area contributed by atoms with Crippen molar-refractivity contribution in [2.24, 2.45) is 5.92 Å². The number of rotatable bonds is 18. The number of unbranched alkanes of at least 4 members (excludes halogenated alkanes) is 7. The molecule has 0 radical (unpaired) electrons. The minimum Gasteiger partial charge on any atom is -0.493 e. The van der Waals surface area contributed by atoms with Crippen LogP contribution in [0.25, 0.3) is 11.4 Å². The Labute approximate surface area is 201 Å². The fourth-order valence-corrected chi connectivity index (χ4v) is 4.16. The van der Waals surface area contributed by atoms with Crippen molar-refractivity contribution in [2.45, 2.75) is 110 Å². The van der Waals surface area contributed by atoms with Gasteiger partial charge in [0.05, 0.1) is 6.61 Å². The van der Waals surface area contributed by atoms with E-state index in [1.165, 1.54) is 63.4 Å². The van der Waals surface area contributed by atoms with E-state index in [1.807, 2.05) is 36.7 Å². The van der Waals surface area contributed by atoms with Crippen LogP contribution in [-0.4, -0.2) is 22.7 Å². The van der Waals surface area contributed by atoms with Crippen LogP contribution in [0.15, 0.2) is 36.7 Å². The second kappa shape index (κ2) is 16.6. The highest BCUT2D eigenvalue weighted by Gasteiger charge is 2.12. The van der Waals surface area contributed by atoms with Crippen LogP contribution in [0.2, 0.25) is 0 Å². The molecule has 1 heterocycles. The van der Waals surface area contributed by atoms with Crippen LogP contribution in [0.3, 0.4) is 0 Å². The summed E-state index contributed by atoms with van der Waals surface area (Å²) in [4.78, 5) is 9.09. The van der Waals surface area contributed by atoms with E-state index in [0.717, 1.165) is 30.0 Å². The van der Waals surface area contributed by atoms with Gasteiger partial charge in [-0.05, 0) is 55.0 Å². The highest BCUT2D eigenvalue weighted by atomic mass is 19.1. The number of aromatic nitrogens is 2. The molecule has 0 fully saturated rings. The molecule has 2 atom stereocenters. The zero-order valence-electron chi connectivity index (χ0n) is 21.2. The minimum atomic E-state index is -0.788. The number of nitrogens with zero attached hydrogens (tertiary/aromatic N) is 2. The Morgan fingerprint density at radius 1 is 0.818 bits per heavy atom. The van der Waals surface area contributed by atoms with Crippen LogP contribution in [-0.2, 0) is 6.42 Å². The van der Waals surface area contributed by atoms with E-state index >= 15 is 0 Å². The van der Waals surface area contributed by atoms with Crippen LogP contribution >= 0.6 is 0 Å². The number of alkyl halides is 1. The monoisotopic (exact) mass is 456 g/mol. The number of aryl methyl sites for hydroxylation is 1. The molecule has 0 saturated carbocycles. The summed E-state index contributed by atoms with van der Waals surface area (Å²) in [5.74, 6) is 1.94. The van der Waals surface area contributed by atoms with Crippen molar-refractivity contribution in [3.8, 4) is 17.1 Å². The fraction of sp³-hybridized carbons (Fsp3) is 0.655. The van der Waals surface area contributed by atoms with Crippen LogP contribution in [0.5, 0.6) is 5.75 Å². The lowest BCUT2D eigenvalue weighted by Gasteiger charge is -2.15. The van der Waals surface area contributed by atoms with Crippen LogP contribution < -0.4 is 4.74 Å². The zero-order valence-corrected chi connectivity index (χ0v) is 21.2. The maximum Gasteiger partial charge on any atom is 0.159 e. The molecule has 33 heavy (non-hydrogen) atoms. The number of halogens is 1. The Hall–Kier alpha value is -1.97. The van der Waals surface area contributed by atoms with Crippen molar-refractivity contribution in [3.05, 3.63) is 42.2 Å². The van der Waals surface area contributed by atoms with Crippen LogP contribution in [0.4, 0.5) is 4.39 Å². The van der Waals surface area contributed by atoms with Gasteiger partial charge in [-0.3, -0.25) is 0 Å². The van der Waals surface area contributed by atoms with Gasteiger partial charge in [0.25, 0.3) is 0 Å². The van der Waals surface area contributed by atoms with E-state index in [-0.39, 0.29) is 0 Å². The second-order valence-electron chi connectivity index (χ2n) is 9.53. The van der Waals surface area contributed by atoms with E-state index in [9.17, 15) is 4.39 Å². The lowest BCUT2D eigenvalue weighted by Crippen LogP contribution is -2.11. The Kier molecular flexibility index (Phi) is 13.7. The molecule has 3 nitrogen and oxygen atoms in total. The number of hydrogen-bond donors (Lipinski definition) is 0. The smallest absolute Gasteiger partial charge is 0.159 e. The number of benzene rings is 1. The van der Waals surface area contributed by atoms with Crippen molar-refractivity contribution in [2.75, 3.05) is 6.61 Å². The first-order valence-electron chi connectivity index (χ1n) is 13.3. The molecule has 0 N–H and O–H groups in total. The summed E-state index contributed by atoms with van der Waals surface area (Å²) < 4.78 is 20.0. The highest BCUT2D eigenvalue weighted by Crippen LogP contribution is 2.21. The Morgan fingerprint density at radius 2 is 1.45 bits per heavy atom. The molecular formula is C29H45FN2O. The molecular weight excluding hydrogens is 411 g/mol. The number of hydrogen-bond acceptors (Lipinski definition) is 3. The predicted octanol–water partition coefficient (Wildman–Crippen LogP) is 8.76. The van der Waals surface area contributed by atoms with Gasteiger partial charge in [0.15, 0.2) is 5.82 Å². The third-order valence-electron chi connectivity index (χ3n) is 6.30. The molecule has 0 aliphatic rings. The number of ether oxygens (including phenoxy) is 1. The first-order valence-corrected chi connectivity index (χ1v) is 13.3. The Morgan fingerprint density at radius 3 is 2.15 bits per heavy atom. The summed E-state index contributed by atoms with van der Waals surface area (Å²) in [6, 6.07) is 7.79. The molecule has 2 unspecified atom stereocenters. The van der Waals surface area contributed by atoms with Gasteiger partial charge in [0.1, 0.15) is 11.9 Å². The average Bonchev–Trinajstić information content (AvgIpc) is 2.82. The quantitative estimate of drug-likeness (QED) is 0.210. The summed E-state index contributed by atoms with van der Waals surface area (Å²) in [7, 11) is 0. The minimum absolute atomic E-state index is 0.409. The molecule has 0 bridgehead atoms. The molecule has 0 aliphatic carbocycles. The van der Waals surface area contributed by atoms with Crippen molar-refractivity contribution in [3.63, 3.8) is 0 Å². The van der Waals surface area contributed by atoms with Gasteiger partial charge in [-0.25, -0.2) is 14.4 Å². The SMILES string of the molecule is CCCCCCCCc1cnc(-c2ccc(OCCC(F)CC(C)CCCCC)cc2)nc1. The van der Waals surface area contributed by atoms with Crippen molar-refractivity contribution in [1.29, 1.82) is 0 Å². The summed E-state index contributed by atoms with van der Waals surface area (Å²) in [5, 5.41) is 0. The Balaban J connectivity index is 1.68. The van der Waals surface area contributed by atoms with Gasteiger partial charge < -0.3 is 4.74 Å². The second-order valence-corrected chi connectivity index (χ2v) is 9.53. The van der Waals surface area contributed by atoms with Crippen LogP contribution in [0, 0.1) is 5.92 Å². The topological polar surface area (TPSA) is 35.0 Å². The van der Waals surface area contributed by atoms with Crippen molar-refractivity contribution in [1.82, 2.24) is 9.97 Å². The zero-order chi connectivity index (χ0) is 23.7. The molecule has 0 spiro atoms. The van der Waals surface area contributed by atoms with Gasteiger partial charge in [-0.15, -0.1) is 0 Å². The van der Waals surface area contributed by atoms with Crippen molar-refractivity contribution < 1.29 is 9.13 Å². The van der Waals surface area contributed by atoms with Gasteiger partial charge in [0.2, 0.25) is 0 Å². The summed E-state index contributed by atoms with van der Waals surface area (Å²) in [6.07, 6.45) is 17.8. The van der Waals surface area contributed by atoms with Gasteiger partial charge in [-0.1, -0.05) is 78.6 Å². The normalized spacial score (nSPS) is 13.1. The third-order valence-corrected chi connectivity index (χ3v) is 6.30. The summed E-state index contributed by atoms with van der Waals surface area (Å²) >= 11 is 0. The largest absolute Gasteiger partial charge is 0.493 e. The standard InChI is InChI=1S/C29H45FN2O/c1-4-6-8-9-10-12-14-25-22-31-29(32-23-25)26-15-17-28(18-16-26)33-20-19-27(30)21-24(3)13-11-7-5-2/h15-18,22-24,27H,4-14,19-21H2,1-3H3. The van der Waals surface area contributed by atoms with Gasteiger partial charge in [-0.2, -0.15) is 0 Å². The molecule has 184 valence electrons. The summed E-state index contributed by atoms with van der Waals surface area (Å²) in [6.45, 7) is 7.02. The van der Waals surface area contributed by atoms with E-state index in [0.29, 0.717) is 25.4 Å². The molecule has 1 aromatic carbocycles. The van der Waals surface area contributed by atoms with Crippen LogP contribution in [0.1, 0.15) is 103 Å². The molecule has 4 heteroatoms. The molecule has 2 rings (SSSR count). The predicted molar refractivity (Wildman–Crippen MR) is 137 cm³/mol. The van der Waals surface area contributed by atoms with E-state index < -0.39 is 6.17 Å². The lowest BCUT2D eigenvalue weighted by molar-refractivity contribution is 0.205. The molecule has 0 amide bonds. The first-order chi connectivity index (χ1) is 16.1. The first kappa shape index (κ1) is 27.3. The van der Waals surface area contributed by atoms with E-state index in [2.05, 4.69) is 30.7 Å². The third kappa shape index (κ3) is 11.6. The van der Waals surface area contributed by atoms with Gasteiger partial charge in [0, 0.05) is 24.4 Å². The molecule has 0 aliphatic heterocycles. The molecule has 0 saturated heterocycles. The van der Waals surface area contributed by atoms with Crippen molar-refractivity contribution >= 4 is 0 Å². The lowest BCUT2D eigenvalue weighted by atomic mass is 9.96. The highest BCUT2D eigenvalue weighted by molar-refractivity contribution is 5.55. The summed E-state index contributed by atoms with van der Waals surface area (Å²) in [5.41, 5.74) is 2.17. The maximum atomic E-state index is 14.2. The maximum absolute atomic E-state index is 14.2. The fourth-order valence-electron chi connectivity index (χ4n) is 4.16. The molecule has 2 aromatic rings. The average molecular weight is 457 g/mol. The van der Waals surface area contributed by atoms with E-state index in [1.54, 1.807) is 0 Å². The van der Waals surface area contributed by atoms with Gasteiger partial charge >= 0.3 is 0 Å². The Bertz CT molecular complexity index is 732.